The molecule has 1 aliphatic heterocycles. The van der Waals surface area contributed by atoms with Gasteiger partial charge in [-0.3, -0.25) is 4.90 Å². The van der Waals surface area contributed by atoms with Gasteiger partial charge in [-0.15, -0.1) is 0 Å². The number of urea groups is 1. The first-order valence-corrected chi connectivity index (χ1v) is 7.46. The lowest BCUT2D eigenvalue weighted by molar-refractivity contribution is 0.208. The van der Waals surface area contributed by atoms with Crippen molar-refractivity contribution in [1.29, 1.82) is 0 Å². The average Bonchev–Trinajstić information content (AvgIpc) is 2.50. The molecule has 1 heterocycles. The van der Waals surface area contributed by atoms with Gasteiger partial charge < -0.3 is 10.1 Å². The number of fused-ring (bicyclic) bond motifs is 1. The third kappa shape index (κ3) is 2.77. The highest BCUT2D eigenvalue weighted by molar-refractivity contribution is 6.03. The number of carbonyl (C=O) groups excluding carboxylic acids is 1. The molecule has 2 aromatic carbocycles. The lowest BCUT2D eigenvalue weighted by Crippen LogP contribution is -2.44. The molecular formula is C18H20N2O2. The predicted octanol–water partition coefficient (Wildman–Crippen LogP) is 4.12. The number of hydrogen-bond acceptors (Lipinski definition) is 2. The molecule has 0 aliphatic carbocycles. The Labute approximate surface area is 130 Å². The van der Waals surface area contributed by atoms with E-state index < -0.39 is 0 Å². The molecule has 4 heteroatoms. The van der Waals surface area contributed by atoms with Gasteiger partial charge in [-0.25, -0.2) is 4.79 Å². The Morgan fingerprint density at radius 1 is 1.18 bits per heavy atom. The van der Waals surface area contributed by atoms with E-state index in [1.165, 1.54) is 5.56 Å². The molecule has 0 radical (unpaired) electrons. The number of nitrogens with one attached hydrogen (secondary N) is 1. The first kappa shape index (κ1) is 14.4. The van der Waals surface area contributed by atoms with E-state index in [2.05, 4.69) is 12.2 Å². The van der Waals surface area contributed by atoms with Crippen LogP contribution >= 0.6 is 0 Å². The van der Waals surface area contributed by atoms with E-state index in [4.69, 9.17) is 4.74 Å². The average molecular weight is 296 g/mol. The zero-order valence-electron chi connectivity index (χ0n) is 13.1. The van der Waals surface area contributed by atoms with Gasteiger partial charge in [0.15, 0.2) is 0 Å². The highest BCUT2D eigenvalue weighted by Crippen LogP contribution is 2.33. The van der Waals surface area contributed by atoms with E-state index in [0.29, 0.717) is 6.54 Å². The van der Waals surface area contributed by atoms with Gasteiger partial charge in [0.05, 0.1) is 12.2 Å². The Hall–Kier alpha value is -2.49. The summed E-state index contributed by atoms with van der Waals surface area (Å²) in [5.41, 5.74) is 3.99. The fourth-order valence-electron chi connectivity index (χ4n) is 2.59. The number of benzene rings is 2. The van der Waals surface area contributed by atoms with Gasteiger partial charge in [-0.05, 0) is 56.2 Å². The van der Waals surface area contributed by atoms with Gasteiger partial charge in [0.1, 0.15) is 11.9 Å². The van der Waals surface area contributed by atoms with Crippen LogP contribution in [0.2, 0.25) is 0 Å². The van der Waals surface area contributed by atoms with Gasteiger partial charge in [0.25, 0.3) is 0 Å². The van der Waals surface area contributed by atoms with Crippen molar-refractivity contribution in [2.75, 3.05) is 16.8 Å². The standard InChI is InChI=1S/C18H20N2O2/c1-12-8-9-15(10-13(12)2)19-18(21)20-11-14(3)22-17-7-5-4-6-16(17)20/h4-10,14H,11H2,1-3H3,(H,19,21)/t14-/m1/s1. The third-order valence-electron chi connectivity index (χ3n) is 3.93. The van der Waals surface area contributed by atoms with Crippen LogP contribution in [0.25, 0.3) is 0 Å². The summed E-state index contributed by atoms with van der Waals surface area (Å²) in [4.78, 5) is 14.4. The number of rotatable bonds is 1. The van der Waals surface area contributed by atoms with Gasteiger partial charge in [-0.2, -0.15) is 0 Å². The topological polar surface area (TPSA) is 41.6 Å². The van der Waals surface area contributed by atoms with Gasteiger partial charge in [0.2, 0.25) is 0 Å². The van der Waals surface area contributed by atoms with Crippen molar-refractivity contribution in [3.05, 3.63) is 53.6 Å². The largest absolute Gasteiger partial charge is 0.487 e. The number of anilines is 2. The van der Waals surface area contributed by atoms with E-state index >= 15 is 0 Å². The van der Waals surface area contributed by atoms with Crippen molar-refractivity contribution in [3.63, 3.8) is 0 Å². The normalized spacial score (nSPS) is 16.7. The summed E-state index contributed by atoms with van der Waals surface area (Å²) in [5, 5.41) is 2.97. The molecule has 3 rings (SSSR count). The second kappa shape index (κ2) is 5.72. The van der Waals surface area contributed by atoms with Gasteiger partial charge >= 0.3 is 6.03 Å². The van der Waals surface area contributed by atoms with Crippen molar-refractivity contribution >= 4 is 17.4 Å². The molecule has 4 nitrogen and oxygen atoms in total. The Balaban J connectivity index is 1.84. The van der Waals surface area contributed by atoms with Gasteiger partial charge in [0, 0.05) is 5.69 Å². The van der Waals surface area contributed by atoms with Crippen LogP contribution in [-0.2, 0) is 0 Å². The smallest absolute Gasteiger partial charge is 0.326 e. The van der Waals surface area contributed by atoms with Crippen LogP contribution < -0.4 is 15.0 Å². The highest BCUT2D eigenvalue weighted by Gasteiger charge is 2.27. The van der Waals surface area contributed by atoms with E-state index in [1.54, 1.807) is 4.90 Å². The number of aryl methyl sites for hydroxylation is 2. The Kier molecular flexibility index (Phi) is 3.75. The molecule has 0 unspecified atom stereocenters. The van der Waals surface area contributed by atoms with E-state index in [9.17, 15) is 4.79 Å². The van der Waals surface area contributed by atoms with Gasteiger partial charge in [-0.1, -0.05) is 18.2 Å². The van der Waals surface area contributed by atoms with Crippen LogP contribution in [0, 0.1) is 13.8 Å². The summed E-state index contributed by atoms with van der Waals surface area (Å²) in [6.45, 7) is 6.60. The van der Waals surface area contributed by atoms with Crippen LogP contribution in [0.15, 0.2) is 42.5 Å². The molecule has 0 saturated carbocycles. The summed E-state index contributed by atoms with van der Waals surface area (Å²) in [6.07, 6.45) is -0.0274. The second-order valence-electron chi connectivity index (χ2n) is 5.74. The highest BCUT2D eigenvalue weighted by atomic mass is 16.5. The summed E-state index contributed by atoms with van der Waals surface area (Å²) >= 11 is 0. The minimum atomic E-state index is -0.133. The number of carbonyl (C=O) groups is 1. The molecule has 0 fully saturated rings. The van der Waals surface area contributed by atoms with Crippen molar-refractivity contribution < 1.29 is 9.53 Å². The fourth-order valence-corrected chi connectivity index (χ4v) is 2.59. The maximum absolute atomic E-state index is 12.6. The molecule has 2 aromatic rings. The van der Waals surface area contributed by atoms with Crippen LogP contribution in [0.3, 0.4) is 0 Å². The Morgan fingerprint density at radius 3 is 2.73 bits per heavy atom. The molecule has 114 valence electrons. The molecule has 0 saturated heterocycles. The molecule has 1 atom stereocenters. The summed E-state index contributed by atoms with van der Waals surface area (Å²) in [7, 11) is 0. The Morgan fingerprint density at radius 2 is 1.95 bits per heavy atom. The molecule has 1 N–H and O–H groups in total. The van der Waals surface area contributed by atoms with Crippen LogP contribution in [0.5, 0.6) is 5.75 Å². The zero-order chi connectivity index (χ0) is 15.7. The molecule has 0 bridgehead atoms. The molecule has 1 aliphatic rings. The maximum atomic E-state index is 12.6. The molecule has 22 heavy (non-hydrogen) atoms. The van der Waals surface area contributed by atoms with E-state index in [-0.39, 0.29) is 12.1 Å². The minimum Gasteiger partial charge on any atom is -0.487 e. The first-order valence-electron chi connectivity index (χ1n) is 7.46. The van der Waals surface area contributed by atoms with Crippen molar-refractivity contribution in [1.82, 2.24) is 0 Å². The van der Waals surface area contributed by atoms with Crippen LogP contribution in [0.4, 0.5) is 16.2 Å². The molecule has 0 spiro atoms. The minimum absolute atomic E-state index is 0.0274. The monoisotopic (exact) mass is 296 g/mol. The lowest BCUT2D eigenvalue weighted by Gasteiger charge is -2.33. The lowest BCUT2D eigenvalue weighted by atomic mass is 10.1. The van der Waals surface area contributed by atoms with Crippen molar-refractivity contribution in [2.45, 2.75) is 26.9 Å². The number of para-hydroxylation sites is 2. The summed E-state index contributed by atoms with van der Waals surface area (Å²) in [5.74, 6) is 0.747. The zero-order valence-corrected chi connectivity index (χ0v) is 13.1. The first-order chi connectivity index (χ1) is 10.5. The molecule has 2 amide bonds. The quantitative estimate of drug-likeness (QED) is 0.860. The predicted molar refractivity (Wildman–Crippen MR) is 88.8 cm³/mol. The number of hydrogen-bond donors (Lipinski definition) is 1. The Bertz CT molecular complexity index is 712. The van der Waals surface area contributed by atoms with E-state index in [0.717, 1.165) is 22.7 Å². The second-order valence-corrected chi connectivity index (χ2v) is 5.74. The van der Waals surface area contributed by atoms with Crippen molar-refractivity contribution in [3.8, 4) is 5.75 Å². The summed E-state index contributed by atoms with van der Waals surface area (Å²) < 4.78 is 5.78. The molecular weight excluding hydrogens is 276 g/mol. The fraction of sp³-hybridized carbons (Fsp3) is 0.278. The van der Waals surface area contributed by atoms with Crippen LogP contribution in [0.1, 0.15) is 18.1 Å². The SMILES string of the molecule is Cc1ccc(NC(=O)N2C[C@@H](C)Oc3ccccc32)cc1C. The number of ether oxygens (including phenoxy) is 1. The number of amides is 2. The third-order valence-corrected chi connectivity index (χ3v) is 3.93. The summed E-state index contributed by atoms with van der Waals surface area (Å²) in [6, 6.07) is 13.4. The maximum Gasteiger partial charge on any atom is 0.326 e. The number of nitrogens with zero attached hydrogens (tertiary/aromatic N) is 1. The molecule has 0 aromatic heterocycles. The van der Waals surface area contributed by atoms with E-state index in [1.807, 2.05) is 56.3 Å². The van der Waals surface area contributed by atoms with Crippen molar-refractivity contribution in [2.24, 2.45) is 0 Å². The van der Waals surface area contributed by atoms with Crippen LogP contribution in [-0.4, -0.2) is 18.7 Å².